The molecule has 0 atom stereocenters. The second kappa shape index (κ2) is 5.58. The number of aryl methyl sites for hydroxylation is 2. The van der Waals surface area contributed by atoms with Crippen LogP contribution in [0.1, 0.15) is 27.0 Å². The number of benzene rings is 2. The molecule has 0 unspecified atom stereocenters. The van der Waals surface area contributed by atoms with Crippen molar-refractivity contribution in [3.8, 4) is 6.07 Å². The van der Waals surface area contributed by atoms with Gasteiger partial charge in [0.05, 0.1) is 21.8 Å². The maximum Gasteiger partial charge on any atom is 0.257 e. The Morgan fingerprint density at radius 3 is 2.64 bits per heavy atom. The third-order valence-electron chi connectivity index (χ3n) is 3.32. The average Bonchev–Trinajstić information content (AvgIpc) is 2.90. The molecule has 0 saturated heterocycles. The highest BCUT2D eigenvalue weighted by Crippen LogP contribution is 2.30. The van der Waals surface area contributed by atoms with E-state index in [0.717, 1.165) is 21.3 Å². The summed E-state index contributed by atoms with van der Waals surface area (Å²) in [5.41, 5.74) is 4.25. The van der Waals surface area contributed by atoms with Gasteiger partial charge in [-0.05, 0) is 55.3 Å². The van der Waals surface area contributed by atoms with Gasteiger partial charge in [0.25, 0.3) is 5.91 Å². The number of nitriles is 1. The largest absolute Gasteiger partial charge is 0.298 e. The van der Waals surface area contributed by atoms with Gasteiger partial charge in [-0.15, -0.1) is 0 Å². The van der Waals surface area contributed by atoms with E-state index in [9.17, 15) is 4.79 Å². The number of anilines is 1. The van der Waals surface area contributed by atoms with E-state index >= 15 is 0 Å². The van der Waals surface area contributed by atoms with Gasteiger partial charge in [0.15, 0.2) is 5.13 Å². The maximum atomic E-state index is 12.2. The number of aromatic nitrogens is 1. The number of fused-ring (bicyclic) bond motifs is 1. The molecule has 0 radical (unpaired) electrons. The van der Waals surface area contributed by atoms with Crippen LogP contribution < -0.4 is 5.32 Å². The Bertz CT molecular complexity index is 904. The number of rotatable bonds is 2. The Labute approximate surface area is 132 Å². The molecule has 1 aromatic heterocycles. The van der Waals surface area contributed by atoms with Crippen molar-refractivity contribution in [2.24, 2.45) is 0 Å². The minimum Gasteiger partial charge on any atom is -0.298 e. The normalized spacial score (nSPS) is 10.4. The zero-order valence-corrected chi connectivity index (χ0v) is 13.0. The molecule has 3 aromatic rings. The Kier molecular flexibility index (Phi) is 3.61. The van der Waals surface area contributed by atoms with Crippen LogP contribution in [0.4, 0.5) is 5.13 Å². The van der Waals surface area contributed by atoms with E-state index in [0.29, 0.717) is 16.3 Å². The first kappa shape index (κ1) is 14.2. The smallest absolute Gasteiger partial charge is 0.257 e. The lowest BCUT2D eigenvalue weighted by Crippen LogP contribution is -2.11. The standard InChI is InChI=1S/C17H13N3OS/c1-10-7-11(2)15-14(8-10)19-17(22-15)20-16(21)13-5-3-12(9-18)4-6-13/h3-8H,1-2H3,(H,19,20,21). The third-order valence-corrected chi connectivity index (χ3v) is 4.44. The second-order valence-electron chi connectivity index (χ2n) is 5.09. The zero-order valence-electron chi connectivity index (χ0n) is 12.2. The molecule has 0 bridgehead atoms. The Morgan fingerprint density at radius 2 is 1.95 bits per heavy atom. The Hall–Kier alpha value is -2.71. The van der Waals surface area contributed by atoms with Gasteiger partial charge in [0.2, 0.25) is 0 Å². The van der Waals surface area contributed by atoms with Crippen LogP contribution in [0.2, 0.25) is 0 Å². The van der Waals surface area contributed by atoms with Crippen LogP contribution in [0, 0.1) is 25.2 Å². The highest BCUT2D eigenvalue weighted by Gasteiger charge is 2.11. The lowest BCUT2D eigenvalue weighted by molar-refractivity contribution is 0.102. The number of thiazole rings is 1. The molecule has 5 heteroatoms. The van der Waals surface area contributed by atoms with Crippen LogP contribution >= 0.6 is 11.3 Å². The van der Waals surface area contributed by atoms with E-state index in [4.69, 9.17) is 5.26 Å². The molecule has 0 spiro atoms. The van der Waals surface area contributed by atoms with Gasteiger partial charge in [0.1, 0.15) is 0 Å². The van der Waals surface area contributed by atoms with E-state index in [-0.39, 0.29) is 5.91 Å². The van der Waals surface area contributed by atoms with Gasteiger partial charge >= 0.3 is 0 Å². The van der Waals surface area contributed by atoms with Crippen LogP contribution in [0.5, 0.6) is 0 Å². The molecule has 0 fully saturated rings. The molecule has 0 aliphatic rings. The lowest BCUT2D eigenvalue weighted by atomic mass is 10.1. The van der Waals surface area contributed by atoms with Gasteiger partial charge in [0, 0.05) is 5.56 Å². The van der Waals surface area contributed by atoms with E-state index < -0.39 is 0 Å². The number of hydrogen-bond acceptors (Lipinski definition) is 4. The molecule has 1 amide bonds. The Morgan fingerprint density at radius 1 is 1.23 bits per heavy atom. The summed E-state index contributed by atoms with van der Waals surface area (Å²) in [7, 11) is 0. The van der Waals surface area contributed by atoms with Crippen LogP contribution in [0.25, 0.3) is 10.2 Å². The fourth-order valence-corrected chi connectivity index (χ4v) is 3.21. The predicted octanol–water partition coefficient (Wildman–Crippen LogP) is 4.04. The Balaban J connectivity index is 1.87. The van der Waals surface area contributed by atoms with Crippen LogP contribution in [0.3, 0.4) is 0 Å². The van der Waals surface area contributed by atoms with Crippen molar-refractivity contribution in [1.29, 1.82) is 5.26 Å². The fourth-order valence-electron chi connectivity index (χ4n) is 2.30. The van der Waals surface area contributed by atoms with Crippen molar-refractivity contribution in [2.45, 2.75) is 13.8 Å². The molecule has 1 heterocycles. The van der Waals surface area contributed by atoms with E-state index in [1.807, 2.05) is 26.0 Å². The summed E-state index contributed by atoms with van der Waals surface area (Å²) in [5.74, 6) is -0.224. The van der Waals surface area contributed by atoms with E-state index in [2.05, 4.69) is 16.4 Å². The minimum atomic E-state index is -0.224. The van der Waals surface area contributed by atoms with E-state index in [1.54, 1.807) is 24.3 Å². The number of carbonyl (C=O) groups is 1. The van der Waals surface area contributed by atoms with Crippen molar-refractivity contribution in [3.63, 3.8) is 0 Å². The molecule has 0 aliphatic carbocycles. The van der Waals surface area contributed by atoms with Crippen molar-refractivity contribution < 1.29 is 4.79 Å². The number of nitrogens with one attached hydrogen (secondary N) is 1. The molecular formula is C17H13N3OS. The minimum absolute atomic E-state index is 0.224. The first-order valence-corrected chi connectivity index (χ1v) is 7.58. The van der Waals surface area contributed by atoms with Gasteiger partial charge < -0.3 is 0 Å². The molecule has 0 saturated carbocycles. The van der Waals surface area contributed by atoms with Crippen LogP contribution in [-0.4, -0.2) is 10.9 Å². The maximum absolute atomic E-state index is 12.2. The van der Waals surface area contributed by atoms with Crippen molar-refractivity contribution in [3.05, 3.63) is 58.7 Å². The molecule has 2 aromatic carbocycles. The summed E-state index contributed by atoms with van der Waals surface area (Å²) < 4.78 is 1.08. The molecular weight excluding hydrogens is 294 g/mol. The average molecular weight is 307 g/mol. The summed E-state index contributed by atoms with van der Waals surface area (Å²) in [4.78, 5) is 16.7. The summed E-state index contributed by atoms with van der Waals surface area (Å²) in [5, 5.41) is 12.2. The van der Waals surface area contributed by atoms with Crippen LogP contribution in [-0.2, 0) is 0 Å². The lowest BCUT2D eigenvalue weighted by Gasteiger charge is -2.01. The summed E-state index contributed by atoms with van der Waals surface area (Å²) in [6.45, 7) is 4.07. The first-order chi connectivity index (χ1) is 10.6. The molecule has 1 N–H and O–H groups in total. The number of hydrogen-bond donors (Lipinski definition) is 1. The molecule has 3 rings (SSSR count). The first-order valence-electron chi connectivity index (χ1n) is 6.76. The number of amides is 1. The SMILES string of the molecule is Cc1cc(C)c2sc(NC(=O)c3ccc(C#N)cc3)nc2c1. The monoisotopic (exact) mass is 307 g/mol. The quantitative estimate of drug-likeness (QED) is 0.777. The summed E-state index contributed by atoms with van der Waals surface area (Å²) in [6.07, 6.45) is 0. The third kappa shape index (κ3) is 2.69. The molecule has 0 aliphatic heterocycles. The fraction of sp³-hybridized carbons (Fsp3) is 0.118. The van der Waals surface area contributed by atoms with Crippen LogP contribution in [0.15, 0.2) is 36.4 Å². The number of nitrogens with zero attached hydrogens (tertiary/aromatic N) is 2. The topological polar surface area (TPSA) is 65.8 Å². The van der Waals surface area contributed by atoms with Crippen molar-refractivity contribution >= 4 is 32.6 Å². The van der Waals surface area contributed by atoms with Gasteiger partial charge in [-0.1, -0.05) is 17.4 Å². The van der Waals surface area contributed by atoms with Gasteiger partial charge in [-0.2, -0.15) is 5.26 Å². The molecule has 22 heavy (non-hydrogen) atoms. The summed E-state index contributed by atoms with van der Waals surface area (Å²) in [6, 6.07) is 12.7. The van der Waals surface area contributed by atoms with Gasteiger partial charge in [-0.3, -0.25) is 10.1 Å². The highest BCUT2D eigenvalue weighted by molar-refractivity contribution is 7.22. The second-order valence-corrected chi connectivity index (χ2v) is 6.09. The number of carbonyl (C=O) groups excluding carboxylic acids is 1. The zero-order chi connectivity index (χ0) is 15.7. The predicted molar refractivity (Wildman–Crippen MR) is 88.2 cm³/mol. The van der Waals surface area contributed by atoms with Crippen molar-refractivity contribution in [1.82, 2.24) is 4.98 Å². The highest BCUT2D eigenvalue weighted by atomic mass is 32.1. The van der Waals surface area contributed by atoms with Crippen molar-refractivity contribution in [2.75, 3.05) is 5.32 Å². The van der Waals surface area contributed by atoms with Gasteiger partial charge in [-0.25, -0.2) is 4.98 Å². The summed E-state index contributed by atoms with van der Waals surface area (Å²) >= 11 is 1.47. The molecule has 4 nitrogen and oxygen atoms in total. The molecule has 108 valence electrons. The van der Waals surface area contributed by atoms with E-state index in [1.165, 1.54) is 11.3 Å².